The number of fused-ring (bicyclic) bond motifs is 16. The van der Waals surface area contributed by atoms with E-state index in [4.69, 9.17) is 0 Å². The van der Waals surface area contributed by atoms with Gasteiger partial charge in [-0.3, -0.25) is 0 Å². The van der Waals surface area contributed by atoms with Gasteiger partial charge in [0.15, 0.2) is 0 Å². The van der Waals surface area contributed by atoms with Crippen LogP contribution in [0.1, 0.15) is 22.3 Å². The largest absolute Gasteiger partial charge is 0.0620 e. The molecule has 0 aromatic heterocycles. The predicted octanol–water partition coefficient (Wildman–Crippen LogP) is 15.0. The monoisotopic (exact) mass is 720 g/mol. The quantitative estimate of drug-likeness (QED) is 0.156. The lowest BCUT2D eigenvalue weighted by Gasteiger charge is -2.28. The summed E-state index contributed by atoms with van der Waals surface area (Å²) < 4.78 is 0. The van der Waals surface area contributed by atoms with Crippen LogP contribution in [0.5, 0.6) is 0 Å². The van der Waals surface area contributed by atoms with E-state index in [1.54, 1.807) is 0 Å². The van der Waals surface area contributed by atoms with Crippen molar-refractivity contribution < 1.29 is 0 Å². The van der Waals surface area contributed by atoms with Crippen LogP contribution in [0.2, 0.25) is 0 Å². The Hall–Kier alpha value is -7.02. The summed E-state index contributed by atoms with van der Waals surface area (Å²) in [6.45, 7) is 0. The molecule has 264 valence electrons. The zero-order valence-electron chi connectivity index (χ0n) is 31.4. The maximum Gasteiger partial charge on any atom is 0.0296 e. The summed E-state index contributed by atoms with van der Waals surface area (Å²) in [4.78, 5) is 0. The van der Waals surface area contributed by atoms with E-state index in [0.717, 1.165) is 12.8 Å². The van der Waals surface area contributed by atoms with Crippen molar-refractivity contribution in [2.75, 3.05) is 0 Å². The van der Waals surface area contributed by atoms with Crippen LogP contribution in [-0.4, -0.2) is 0 Å². The van der Waals surface area contributed by atoms with Gasteiger partial charge in [0.1, 0.15) is 0 Å². The molecule has 13 rings (SSSR count). The first-order chi connectivity index (χ1) is 28.2. The Morgan fingerprint density at radius 1 is 0.263 bits per heavy atom. The molecule has 2 aliphatic rings. The lowest BCUT2D eigenvalue weighted by Crippen LogP contribution is -2.26. The van der Waals surface area contributed by atoms with Gasteiger partial charge >= 0.3 is 0 Å². The van der Waals surface area contributed by atoms with Gasteiger partial charge in [0.25, 0.3) is 0 Å². The van der Waals surface area contributed by atoms with Gasteiger partial charge in [0.2, 0.25) is 0 Å². The van der Waals surface area contributed by atoms with Crippen LogP contribution in [0.4, 0.5) is 0 Å². The van der Waals surface area contributed by atoms with Gasteiger partial charge < -0.3 is 0 Å². The minimum atomic E-state index is -0.154. The summed E-state index contributed by atoms with van der Waals surface area (Å²) >= 11 is 0. The van der Waals surface area contributed by atoms with Crippen molar-refractivity contribution in [2.24, 2.45) is 0 Å². The Morgan fingerprint density at radius 2 is 0.649 bits per heavy atom. The first-order valence-electron chi connectivity index (χ1n) is 20.3. The Balaban J connectivity index is 1.05. The Kier molecular flexibility index (Phi) is 6.30. The van der Waals surface area contributed by atoms with Crippen molar-refractivity contribution in [1.82, 2.24) is 0 Å². The molecule has 11 aromatic carbocycles. The Bertz CT molecular complexity index is 3290. The molecule has 0 heteroatoms. The Morgan fingerprint density at radius 3 is 1.12 bits per heavy atom. The molecular weight excluding hydrogens is 685 g/mol. The molecule has 0 heterocycles. The van der Waals surface area contributed by atoms with Crippen molar-refractivity contribution in [3.8, 4) is 33.4 Å². The molecule has 11 aromatic rings. The first-order valence-corrected chi connectivity index (χ1v) is 20.3. The summed E-state index contributed by atoms with van der Waals surface area (Å²) in [5.74, 6) is 0. The van der Waals surface area contributed by atoms with E-state index in [0.29, 0.717) is 0 Å². The normalized spacial score (nSPS) is 14.0. The highest BCUT2D eigenvalue weighted by Crippen LogP contribution is 2.57. The van der Waals surface area contributed by atoms with Gasteiger partial charge in [-0.2, -0.15) is 0 Å². The molecule has 0 nitrogen and oxygen atoms in total. The van der Waals surface area contributed by atoms with Crippen LogP contribution in [0.3, 0.4) is 0 Å². The average molecular weight is 721 g/mol. The molecule has 0 saturated carbocycles. The standard InChI is InChI=1S/C57H36/c1-2-14-40-34-57(33-39(40)13-1)55-29-37(51-31-53-41-15-5-3-11-35(41)21-25-47(53)43-17-7-9-19-45(43)51)23-27-49(55)50-28-24-38(30-56(50)57)52-32-54-42-16-6-4-12-36(42)22-26-48(54)44-18-8-10-20-46(44)52/h1-32H,33-34H2. The Labute approximate surface area is 331 Å². The topological polar surface area (TPSA) is 0 Å². The van der Waals surface area contributed by atoms with Crippen LogP contribution < -0.4 is 0 Å². The predicted molar refractivity (Wildman–Crippen MR) is 242 cm³/mol. The van der Waals surface area contributed by atoms with E-state index in [9.17, 15) is 0 Å². The van der Waals surface area contributed by atoms with E-state index in [2.05, 4.69) is 194 Å². The second-order valence-corrected chi connectivity index (χ2v) is 16.4. The molecule has 0 N–H and O–H groups in total. The van der Waals surface area contributed by atoms with E-state index in [1.165, 1.54) is 120 Å². The van der Waals surface area contributed by atoms with E-state index >= 15 is 0 Å². The smallest absolute Gasteiger partial charge is 0.0296 e. The summed E-state index contributed by atoms with van der Waals surface area (Å²) in [7, 11) is 0. The summed E-state index contributed by atoms with van der Waals surface area (Å²) in [5.41, 5.74) is 13.6. The summed E-state index contributed by atoms with van der Waals surface area (Å²) in [6, 6.07) is 73.6. The van der Waals surface area contributed by atoms with E-state index in [-0.39, 0.29) is 5.41 Å². The maximum absolute atomic E-state index is 2.57. The van der Waals surface area contributed by atoms with E-state index in [1.807, 2.05) is 0 Å². The number of hydrogen-bond donors (Lipinski definition) is 0. The van der Waals surface area contributed by atoms with E-state index < -0.39 is 0 Å². The van der Waals surface area contributed by atoms with Crippen molar-refractivity contribution >= 4 is 64.6 Å². The van der Waals surface area contributed by atoms with Crippen LogP contribution in [0, 0.1) is 0 Å². The zero-order valence-corrected chi connectivity index (χ0v) is 31.4. The number of rotatable bonds is 2. The van der Waals surface area contributed by atoms with Gasteiger partial charge in [-0.25, -0.2) is 0 Å². The number of hydrogen-bond acceptors (Lipinski definition) is 0. The summed E-state index contributed by atoms with van der Waals surface area (Å²) in [6.07, 6.45) is 2.00. The third-order valence-corrected chi connectivity index (χ3v) is 13.6. The van der Waals surface area contributed by atoms with Gasteiger partial charge in [-0.05, 0) is 157 Å². The highest BCUT2D eigenvalue weighted by Gasteiger charge is 2.47. The average Bonchev–Trinajstić information content (AvgIpc) is 3.80. The highest BCUT2D eigenvalue weighted by molar-refractivity contribution is 6.22. The maximum atomic E-state index is 2.57. The third-order valence-electron chi connectivity index (χ3n) is 13.6. The fourth-order valence-corrected chi connectivity index (χ4v) is 11.0. The van der Waals surface area contributed by atoms with Crippen LogP contribution in [0.25, 0.3) is 98.0 Å². The second kappa shape index (κ2) is 11.5. The molecule has 0 aliphatic heterocycles. The molecule has 2 aliphatic carbocycles. The minimum absolute atomic E-state index is 0.154. The van der Waals surface area contributed by atoms with Crippen molar-refractivity contribution in [2.45, 2.75) is 18.3 Å². The molecule has 0 saturated heterocycles. The number of benzene rings is 11. The fraction of sp³-hybridized carbons (Fsp3) is 0.0526. The van der Waals surface area contributed by atoms with Gasteiger partial charge in [0, 0.05) is 5.41 Å². The minimum Gasteiger partial charge on any atom is -0.0620 e. The lowest BCUT2D eigenvalue weighted by molar-refractivity contribution is 0.564. The van der Waals surface area contributed by atoms with Gasteiger partial charge in [0.05, 0.1) is 0 Å². The third kappa shape index (κ3) is 4.33. The van der Waals surface area contributed by atoms with Crippen molar-refractivity contribution in [3.05, 3.63) is 216 Å². The lowest BCUT2D eigenvalue weighted by atomic mass is 9.74. The molecule has 0 radical (unpaired) electrons. The van der Waals surface area contributed by atoms with Crippen LogP contribution >= 0.6 is 0 Å². The molecule has 0 atom stereocenters. The van der Waals surface area contributed by atoms with Crippen molar-refractivity contribution in [1.29, 1.82) is 0 Å². The molecular formula is C57H36. The van der Waals surface area contributed by atoms with Crippen LogP contribution in [-0.2, 0) is 18.3 Å². The molecule has 0 bridgehead atoms. The fourth-order valence-electron chi connectivity index (χ4n) is 11.0. The van der Waals surface area contributed by atoms with Crippen molar-refractivity contribution in [3.63, 3.8) is 0 Å². The molecule has 57 heavy (non-hydrogen) atoms. The van der Waals surface area contributed by atoms with Gasteiger partial charge in [-0.15, -0.1) is 0 Å². The highest BCUT2D eigenvalue weighted by atomic mass is 14.5. The summed E-state index contributed by atoms with van der Waals surface area (Å²) in [5, 5.41) is 15.6. The first kappa shape index (κ1) is 31.2. The van der Waals surface area contributed by atoms with Gasteiger partial charge in [-0.1, -0.05) is 170 Å². The molecule has 0 unspecified atom stereocenters. The van der Waals surface area contributed by atoms with Crippen LogP contribution in [0.15, 0.2) is 194 Å². The SMILES string of the molecule is c1ccc2c(c1)CC1(C2)c2cc(-c3cc4c5ccccc5ccc4c4ccccc34)ccc2-c2ccc(-c3cc4c5ccccc5ccc4c4ccccc34)cc21. The molecule has 1 spiro atoms. The second-order valence-electron chi connectivity index (χ2n) is 16.4. The molecule has 0 amide bonds. The zero-order chi connectivity index (χ0) is 37.2. The molecule has 0 fully saturated rings.